The first-order valence-electron chi connectivity index (χ1n) is 3.48. The van der Waals surface area contributed by atoms with Crippen LogP contribution in [0.1, 0.15) is 20.3 Å². The molecule has 66 valence electrons. The number of carbonyl (C=O) groups is 1. The van der Waals surface area contributed by atoms with Crippen LogP contribution in [0.25, 0.3) is 0 Å². The molecule has 1 aliphatic heterocycles. The number of amides is 1. The van der Waals surface area contributed by atoms with Crippen LogP contribution in [-0.2, 0) is 14.6 Å². The molecule has 0 spiro atoms. The summed E-state index contributed by atoms with van der Waals surface area (Å²) in [4.78, 5) is 10.2. The number of carbonyl (C=O) groups excluding carboxylic acids is 1. The van der Waals surface area contributed by atoms with Crippen molar-refractivity contribution >= 4 is 15.7 Å². The Kier molecular flexibility index (Phi) is 3.51. The molecule has 0 aromatic rings. The average molecular weight is 179 g/mol. The summed E-state index contributed by atoms with van der Waals surface area (Å²) in [6, 6.07) is 0. The van der Waals surface area contributed by atoms with Crippen molar-refractivity contribution in [2.45, 2.75) is 25.6 Å². The minimum atomic E-state index is -3.03. The Labute approximate surface area is 66.9 Å². The van der Waals surface area contributed by atoms with Gasteiger partial charge in [0, 0.05) is 6.26 Å². The van der Waals surface area contributed by atoms with E-state index >= 15 is 0 Å². The molecule has 1 saturated heterocycles. The molecule has 0 bridgehead atoms. The SMILES string of the molecule is CC.CS(=O)(=O)C1CC(=O)N1. The molecule has 1 fully saturated rings. The summed E-state index contributed by atoms with van der Waals surface area (Å²) in [5.74, 6) is -0.189. The van der Waals surface area contributed by atoms with E-state index in [4.69, 9.17) is 0 Å². The zero-order chi connectivity index (χ0) is 9.07. The Morgan fingerprint density at radius 2 is 1.82 bits per heavy atom. The highest BCUT2D eigenvalue weighted by atomic mass is 32.2. The third kappa shape index (κ3) is 2.88. The molecule has 1 unspecified atom stereocenters. The van der Waals surface area contributed by atoms with Crippen molar-refractivity contribution in [2.24, 2.45) is 0 Å². The van der Waals surface area contributed by atoms with Crippen molar-refractivity contribution in [3.05, 3.63) is 0 Å². The summed E-state index contributed by atoms with van der Waals surface area (Å²) >= 11 is 0. The van der Waals surface area contributed by atoms with Gasteiger partial charge in [-0.15, -0.1) is 0 Å². The van der Waals surface area contributed by atoms with E-state index < -0.39 is 15.2 Å². The maximum atomic E-state index is 10.5. The second-order valence-electron chi connectivity index (χ2n) is 2.09. The van der Waals surface area contributed by atoms with Gasteiger partial charge in [0.2, 0.25) is 5.91 Å². The molecule has 1 rings (SSSR count). The number of nitrogens with one attached hydrogen (secondary N) is 1. The van der Waals surface area contributed by atoms with Crippen LogP contribution >= 0.6 is 0 Å². The van der Waals surface area contributed by atoms with Gasteiger partial charge in [-0.05, 0) is 0 Å². The quantitative estimate of drug-likeness (QED) is 0.572. The first kappa shape index (κ1) is 10.4. The van der Waals surface area contributed by atoms with E-state index in [9.17, 15) is 13.2 Å². The van der Waals surface area contributed by atoms with Crippen LogP contribution in [0.4, 0.5) is 0 Å². The van der Waals surface area contributed by atoms with Crippen molar-refractivity contribution in [3.63, 3.8) is 0 Å². The zero-order valence-electron chi connectivity index (χ0n) is 6.92. The van der Waals surface area contributed by atoms with Gasteiger partial charge in [0.25, 0.3) is 0 Å². The molecule has 0 aliphatic carbocycles. The molecule has 1 N–H and O–H groups in total. The minimum absolute atomic E-state index is 0.124. The molecule has 4 nitrogen and oxygen atoms in total. The molecule has 1 heterocycles. The molecule has 0 aromatic heterocycles. The van der Waals surface area contributed by atoms with Gasteiger partial charge in [0.15, 0.2) is 9.84 Å². The lowest BCUT2D eigenvalue weighted by Gasteiger charge is -2.24. The monoisotopic (exact) mass is 179 g/mol. The van der Waals surface area contributed by atoms with E-state index in [-0.39, 0.29) is 12.3 Å². The Bertz CT molecular complexity index is 224. The highest BCUT2D eigenvalue weighted by Gasteiger charge is 2.33. The average Bonchev–Trinajstić information content (AvgIpc) is 1.84. The lowest BCUT2D eigenvalue weighted by atomic mass is 10.3. The highest BCUT2D eigenvalue weighted by Crippen LogP contribution is 2.09. The zero-order valence-corrected chi connectivity index (χ0v) is 7.73. The molecule has 0 saturated carbocycles. The van der Waals surface area contributed by atoms with Crippen LogP contribution in [0.2, 0.25) is 0 Å². The molecule has 1 amide bonds. The molecule has 0 aromatic carbocycles. The highest BCUT2D eigenvalue weighted by molar-refractivity contribution is 7.91. The van der Waals surface area contributed by atoms with Gasteiger partial charge >= 0.3 is 0 Å². The molecular formula is C6H13NO3S. The lowest BCUT2D eigenvalue weighted by Crippen LogP contribution is -2.52. The standard InChI is InChI=1S/C4H7NO3S.C2H6/c1-9(7,8)4-2-3(6)5-4;1-2/h4H,2H2,1H3,(H,5,6);1-2H3. The van der Waals surface area contributed by atoms with Gasteiger partial charge < -0.3 is 5.32 Å². The maximum absolute atomic E-state index is 10.5. The summed E-state index contributed by atoms with van der Waals surface area (Å²) in [6.07, 6.45) is 1.23. The van der Waals surface area contributed by atoms with Crippen LogP contribution in [0, 0.1) is 0 Å². The number of hydrogen-bond acceptors (Lipinski definition) is 3. The molecular weight excluding hydrogens is 166 g/mol. The Morgan fingerprint density at radius 3 is 1.91 bits per heavy atom. The fraction of sp³-hybridized carbons (Fsp3) is 0.833. The van der Waals surface area contributed by atoms with E-state index in [1.165, 1.54) is 0 Å². The number of hydrogen-bond donors (Lipinski definition) is 1. The maximum Gasteiger partial charge on any atom is 0.224 e. The summed E-state index contributed by atoms with van der Waals surface area (Å²) in [7, 11) is -3.03. The Hall–Kier alpha value is -0.580. The van der Waals surface area contributed by atoms with E-state index in [0.29, 0.717) is 0 Å². The van der Waals surface area contributed by atoms with Crippen LogP contribution < -0.4 is 5.32 Å². The van der Waals surface area contributed by atoms with Crippen LogP contribution in [0.3, 0.4) is 0 Å². The van der Waals surface area contributed by atoms with Gasteiger partial charge in [0.1, 0.15) is 5.37 Å². The van der Waals surface area contributed by atoms with Gasteiger partial charge in [0.05, 0.1) is 6.42 Å². The third-order valence-electron chi connectivity index (χ3n) is 1.21. The minimum Gasteiger partial charge on any atom is -0.339 e. The lowest BCUT2D eigenvalue weighted by molar-refractivity contribution is -0.126. The summed E-state index contributed by atoms with van der Waals surface area (Å²) in [6.45, 7) is 4.00. The van der Waals surface area contributed by atoms with Gasteiger partial charge in [-0.1, -0.05) is 13.8 Å². The third-order valence-corrected chi connectivity index (χ3v) is 2.53. The number of β-lactam (4-membered cyclic amide) rings is 1. The topological polar surface area (TPSA) is 63.2 Å². The summed E-state index contributed by atoms with van der Waals surface area (Å²) in [5.41, 5.74) is 0. The smallest absolute Gasteiger partial charge is 0.224 e. The Balaban J connectivity index is 0.000000461. The Morgan fingerprint density at radius 1 is 1.45 bits per heavy atom. The fourth-order valence-electron chi connectivity index (χ4n) is 0.585. The van der Waals surface area contributed by atoms with Crippen LogP contribution in [-0.4, -0.2) is 26.0 Å². The molecule has 11 heavy (non-hydrogen) atoms. The second-order valence-corrected chi connectivity index (χ2v) is 4.32. The largest absolute Gasteiger partial charge is 0.339 e. The number of sulfone groups is 1. The fourth-order valence-corrected chi connectivity index (χ4v) is 1.38. The van der Waals surface area contributed by atoms with E-state index in [1.807, 2.05) is 13.8 Å². The first-order chi connectivity index (χ1) is 5.00. The van der Waals surface area contributed by atoms with Crippen LogP contribution in [0.5, 0.6) is 0 Å². The van der Waals surface area contributed by atoms with Gasteiger partial charge in [-0.2, -0.15) is 0 Å². The van der Waals surface area contributed by atoms with Crippen molar-refractivity contribution in [1.29, 1.82) is 0 Å². The summed E-state index contributed by atoms with van der Waals surface area (Å²) < 4.78 is 21.1. The predicted molar refractivity (Wildman–Crippen MR) is 42.7 cm³/mol. The first-order valence-corrected chi connectivity index (χ1v) is 5.44. The molecule has 5 heteroatoms. The van der Waals surface area contributed by atoms with Gasteiger partial charge in [-0.25, -0.2) is 8.42 Å². The predicted octanol–water partition coefficient (Wildman–Crippen LogP) is -0.0968. The van der Waals surface area contributed by atoms with Crippen molar-refractivity contribution in [2.75, 3.05) is 6.26 Å². The van der Waals surface area contributed by atoms with E-state index in [2.05, 4.69) is 5.32 Å². The van der Waals surface area contributed by atoms with Crippen LogP contribution in [0.15, 0.2) is 0 Å². The van der Waals surface area contributed by atoms with Gasteiger partial charge in [-0.3, -0.25) is 4.79 Å². The summed E-state index contributed by atoms with van der Waals surface area (Å²) in [5, 5.41) is 1.64. The van der Waals surface area contributed by atoms with Crippen molar-refractivity contribution in [1.82, 2.24) is 5.32 Å². The number of rotatable bonds is 1. The van der Waals surface area contributed by atoms with Crippen molar-refractivity contribution < 1.29 is 13.2 Å². The normalized spacial score (nSPS) is 22.5. The van der Waals surface area contributed by atoms with Crippen molar-refractivity contribution in [3.8, 4) is 0 Å². The van der Waals surface area contributed by atoms with E-state index in [1.54, 1.807) is 0 Å². The molecule has 1 aliphatic rings. The molecule has 0 radical (unpaired) electrons. The second kappa shape index (κ2) is 3.71. The van der Waals surface area contributed by atoms with E-state index in [0.717, 1.165) is 6.26 Å². The molecule has 1 atom stereocenters.